The minimum atomic E-state index is -0.437. The number of nitrogen functional groups attached to an aromatic ring is 1. The summed E-state index contributed by atoms with van der Waals surface area (Å²) >= 11 is 0. The molecule has 0 saturated carbocycles. The van der Waals surface area contributed by atoms with Gasteiger partial charge in [0.2, 0.25) is 0 Å². The van der Waals surface area contributed by atoms with Crippen LogP contribution in [0.2, 0.25) is 0 Å². The van der Waals surface area contributed by atoms with Crippen molar-refractivity contribution in [2.75, 3.05) is 44.3 Å². The molecule has 0 unspecified atom stereocenters. The average Bonchev–Trinajstić information content (AvgIpc) is 2.46. The molecule has 0 saturated heterocycles. The molecule has 0 aliphatic heterocycles. The largest absolute Gasteiger partial charge is 0.465 e. The summed E-state index contributed by atoms with van der Waals surface area (Å²) in [6.07, 6.45) is 2.65. The Morgan fingerprint density at radius 3 is 2.80 bits per heavy atom. The molecule has 6 heteroatoms. The van der Waals surface area contributed by atoms with E-state index in [-0.39, 0.29) is 0 Å². The third-order valence-electron chi connectivity index (χ3n) is 3.02. The van der Waals surface area contributed by atoms with Crippen LogP contribution in [0.3, 0.4) is 0 Å². The van der Waals surface area contributed by atoms with E-state index in [1.165, 1.54) is 13.3 Å². The molecule has 0 bridgehead atoms. The van der Waals surface area contributed by atoms with Gasteiger partial charge in [0, 0.05) is 13.1 Å². The molecule has 0 spiro atoms. The molecular formula is C14H24N4O2. The highest BCUT2D eigenvalue weighted by Crippen LogP contribution is 2.16. The van der Waals surface area contributed by atoms with Gasteiger partial charge in [0.05, 0.1) is 19.0 Å². The summed E-state index contributed by atoms with van der Waals surface area (Å²) in [7, 11) is 1.34. The van der Waals surface area contributed by atoms with Crippen molar-refractivity contribution in [1.29, 1.82) is 0 Å². The lowest BCUT2D eigenvalue weighted by Gasteiger charge is -2.20. The minimum Gasteiger partial charge on any atom is -0.465 e. The van der Waals surface area contributed by atoms with Gasteiger partial charge in [-0.1, -0.05) is 13.8 Å². The predicted octanol–water partition coefficient (Wildman–Crippen LogP) is 1.59. The molecule has 0 radical (unpaired) electrons. The lowest BCUT2D eigenvalue weighted by Crippen LogP contribution is -2.30. The number of nitrogens with two attached hydrogens (primary N) is 1. The Bertz CT molecular complexity index is 437. The first-order valence-corrected chi connectivity index (χ1v) is 6.92. The molecule has 0 aliphatic rings. The van der Waals surface area contributed by atoms with Gasteiger partial charge in [0.15, 0.2) is 0 Å². The minimum absolute atomic E-state index is 0.367. The van der Waals surface area contributed by atoms with Crippen LogP contribution in [-0.4, -0.2) is 49.1 Å². The zero-order valence-corrected chi connectivity index (χ0v) is 12.5. The van der Waals surface area contributed by atoms with Gasteiger partial charge in [0.1, 0.15) is 11.4 Å². The van der Waals surface area contributed by atoms with Crippen LogP contribution in [0, 0.1) is 0 Å². The molecule has 20 heavy (non-hydrogen) atoms. The first-order valence-electron chi connectivity index (χ1n) is 6.92. The maximum Gasteiger partial charge on any atom is 0.341 e. The van der Waals surface area contributed by atoms with Crippen molar-refractivity contribution < 1.29 is 9.53 Å². The average molecular weight is 280 g/mol. The third kappa shape index (κ3) is 4.70. The molecule has 0 fully saturated rings. The van der Waals surface area contributed by atoms with E-state index in [1.54, 1.807) is 6.07 Å². The van der Waals surface area contributed by atoms with Crippen LogP contribution >= 0.6 is 0 Å². The molecule has 0 aliphatic carbocycles. The summed E-state index contributed by atoms with van der Waals surface area (Å²) in [5.74, 6) is 0.0757. The quantitative estimate of drug-likeness (QED) is 0.704. The summed E-state index contributed by atoms with van der Waals surface area (Å²) in [4.78, 5) is 18.2. The van der Waals surface area contributed by atoms with Crippen LogP contribution in [0.25, 0.3) is 0 Å². The van der Waals surface area contributed by atoms with Gasteiger partial charge in [-0.25, -0.2) is 9.78 Å². The summed E-state index contributed by atoms with van der Waals surface area (Å²) in [5.41, 5.74) is 6.46. The Balaban J connectivity index is 2.65. The van der Waals surface area contributed by atoms with Gasteiger partial charge < -0.3 is 20.7 Å². The molecule has 0 aromatic carbocycles. The molecule has 3 N–H and O–H groups in total. The van der Waals surface area contributed by atoms with E-state index in [0.717, 1.165) is 32.6 Å². The van der Waals surface area contributed by atoms with Crippen molar-refractivity contribution in [3.8, 4) is 0 Å². The smallest absolute Gasteiger partial charge is 0.341 e. The van der Waals surface area contributed by atoms with Crippen molar-refractivity contribution in [2.45, 2.75) is 20.3 Å². The van der Waals surface area contributed by atoms with Gasteiger partial charge in [-0.3, -0.25) is 0 Å². The molecule has 1 aromatic rings. The third-order valence-corrected chi connectivity index (χ3v) is 3.02. The highest BCUT2D eigenvalue weighted by Gasteiger charge is 2.13. The number of nitrogens with zero attached hydrogens (tertiary/aromatic N) is 2. The van der Waals surface area contributed by atoms with Crippen LogP contribution < -0.4 is 11.1 Å². The molecule has 6 nitrogen and oxygen atoms in total. The van der Waals surface area contributed by atoms with E-state index in [4.69, 9.17) is 10.5 Å². The van der Waals surface area contributed by atoms with Crippen molar-refractivity contribution in [2.24, 2.45) is 0 Å². The van der Waals surface area contributed by atoms with E-state index in [9.17, 15) is 4.79 Å². The SMILES string of the molecule is CCCN(CC)CCNc1ncc(N)cc1C(=O)OC. The summed E-state index contributed by atoms with van der Waals surface area (Å²) in [6, 6.07) is 1.57. The zero-order chi connectivity index (χ0) is 15.0. The standard InChI is InChI=1S/C14H24N4O2/c1-4-7-18(5-2)8-6-16-13-12(14(19)20-3)9-11(15)10-17-13/h9-10H,4-8,15H2,1-3H3,(H,16,17). The molecule has 1 rings (SSSR count). The van der Waals surface area contributed by atoms with Crippen molar-refractivity contribution in [3.05, 3.63) is 17.8 Å². The number of hydrogen-bond acceptors (Lipinski definition) is 6. The van der Waals surface area contributed by atoms with Crippen LogP contribution in [0.4, 0.5) is 11.5 Å². The first kappa shape index (κ1) is 16.2. The highest BCUT2D eigenvalue weighted by atomic mass is 16.5. The summed E-state index contributed by atoms with van der Waals surface area (Å²) in [5, 5.41) is 3.17. The molecule has 112 valence electrons. The van der Waals surface area contributed by atoms with Crippen molar-refractivity contribution in [3.63, 3.8) is 0 Å². The maximum absolute atomic E-state index is 11.7. The van der Waals surface area contributed by atoms with Crippen LogP contribution in [0.15, 0.2) is 12.3 Å². The number of anilines is 2. The zero-order valence-electron chi connectivity index (χ0n) is 12.5. The molecule has 1 aromatic heterocycles. The highest BCUT2D eigenvalue weighted by molar-refractivity contribution is 5.95. The maximum atomic E-state index is 11.7. The topological polar surface area (TPSA) is 80.5 Å². The second-order valence-corrected chi connectivity index (χ2v) is 4.52. The van der Waals surface area contributed by atoms with E-state index in [2.05, 4.69) is 29.0 Å². The van der Waals surface area contributed by atoms with Gasteiger partial charge in [-0.15, -0.1) is 0 Å². The van der Waals surface area contributed by atoms with Crippen LogP contribution in [0.1, 0.15) is 30.6 Å². The summed E-state index contributed by atoms with van der Waals surface area (Å²) < 4.78 is 4.73. The van der Waals surface area contributed by atoms with E-state index in [0.29, 0.717) is 17.1 Å². The Hall–Kier alpha value is -1.82. The lowest BCUT2D eigenvalue weighted by atomic mass is 10.2. The predicted molar refractivity (Wildman–Crippen MR) is 80.9 cm³/mol. The summed E-state index contributed by atoms with van der Waals surface area (Å²) in [6.45, 7) is 7.99. The second kappa shape index (κ2) is 8.37. The van der Waals surface area contributed by atoms with E-state index >= 15 is 0 Å². The number of likely N-dealkylation sites (N-methyl/N-ethyl adjacent to an activating group) is 1. The fourth-order valence-electron chi connectivity index (χ4n) is 1.96. The van der Waals surface area contributed by atoms with Gasteiger partial charge in [-0.05, 0) is 25.6 Å². The number of nitrogens with one attached hydrogen (secondary N) is 1. The number of pyridine rings is 1. The number of methoxy groups -OCH3 is 1. The second-order valence-electron chi connectivity index (χ2n) is 4.52. The lowest BCUT2D eigenvalue weighted by molar-refractivity contribution is 0.0601. The number of carbonyl (C=O) groups is 1. The van der Waals surface area contributed by atoms with Crippen molar-refractivity contribution in [1.82, 2.24) is 9.88 Å². The van der Waals surface area contributed by atoms with Gasteiger partial charge in [0.25, 0.3) is 0 Å². The Kier molecular flexibility index (Phi) is 6.79. The number of carbonyl (C=O) groups excluding carboxylic acids is 1. The molecule has 0 amide bonds. The van der Waals surface area contributed by atoms with E-state index in [1.807, 2.05) is 0 Å². The number of rotatable bonds is 8. The Morgan fingerprint density at radius 1 is 1.45 bits per heavy atom. The molecule has 1 heterocycles. The molecular weight excluding hydrogens is 256 g/mol. The van der Waals surface area contributed by atoms with Crippen LogP contribution in [0.5, 0.6) is 0 Å². The fourth-order valence-corrected chi connectivity index (χ4v) is 1.96. The Labute approximate surface area is 120 Å². The molecule has 0 atom stereocenters. The fraction of sp³-hybridized carbons (Fsp3) is 0.571. The van der Waals surface area contributed by atoms with Gasteiger partial charge >= 0.3 is 5.97 Å². The normalized spacial score (nSPS) is 10.6. The number of esters is 1. The van der Waals surface area contributed by atoms with E-state index < -0.39 is 5.97 Å². The van der Waals surface area contributed by atoms with Crippen molar-refractivity contribution >= 4 is 17.5 Å². The monoisotopic (exact) mass is 280 g/mol. The van der Waals surface area contributed by atoms with Gasteiger partial charge in [-0.2, -0.15) is 0 Å². The number of aromatic nitrogens is 1. The number of hydrogen-bond donors (Lipinski definition) is 2. The number of ether oxygens (including phenoxy) is 1. The first-order chi connectivity index (χ1) is 9.62. The van der Waals surface area contributed by atoms with Crippen LogP contribution in [-0.2, 0) is 4.74 Å². The Morgan fingerprint density at radius 2 is 2.20 bits per heavy atom.